The van der Waals surface area contributed by atoms with Gasteiger partial charge in [-0.2, -0.15) is 20.5 Å². The van der Waals surface area contributed by atoms with Gasteiger partial charge >= 0.3 is 59.1 Å². The first-order valence-electron chi connectivity index (χ1n) is 17.0. The van der Waals surface area contributed by atoms with Crippen molar-refractivity contribution in [2.24, 2.45) is 20.5 Å². The molecule has 2 heterocycles. The number of phenols is 1. The maximum absolute atomic E-state index is 11.6. The summed E-state index contributed by atoms with van der Waals surface area (Å²) in [4.78, 5) is 8.29. The molecule has 0 amide bonds. The zero-order valence-corrected chi connectivity index (χ0v) is 39.6. The van der Waals surface area contributed by atoms with Gasteiger partial charge in [-0.05, 0) is 134 Å². The molecule has 0 aliphatic rings. The number of benzene rings is 6. The molecule has 0 spiro atoms. The molecule has 0 fully saturated rings. The van der Waals surface area contributed by atoms with Crippen LogP contribution >= 0.6 is 22.7 Å². The maximum Gasteiger partial charge on any atom is 1.00 e. The summed E-state index contributed by atoms with van der Waals surface area (Å²) >= 11 is 2.64. The van der Waals surface area contributed by atoms with Crippen molar-refractivity contribution in [3.8, 4) is 26.9 Å². The molecular weight excluding hydrogens is 865 g/mol. The Morgan fingerprint density at radius 1 is 0.517 bits per heavy atom. The molecule has 0 atom stereocenters. The standard InChI is InChI=1S/C20H16N4O3S2.C20H15N3O4S2.2Na/c1-12-2-11-17-18(19(12)29(25,26)27)22-20(28-17)13-3-7-15(8-4-13)23-24-16-9-5-14(21)6-10-16;1-12-2-11-17-18(19(12)29(25,26)27)21-20(28-17)13-3-5-14(6-4-13)22-23-15-7-9-16(24)10-8-15;;/h2-11H,21H2,1H3,(H,25,26,27);2-11,24H,1H3,(H,25,26,27);;/q;;2*+1/p-2. The van der Waals surface area contributed by atoms with Crippen molar-refractivity contribution >= 4 is 91.8 Å². The minimum atomic E-state index is -4.62. The predicted molar refractivity (Wildman–Crippen MR) is 223 cm³/mol. The molecule has 2 aromatic heterocycles. The van der Waals surface area contributed by atoms with Crippen LogP contribution in [-0.4, -0.2) is 41.0 Å². The Labute approximate surface area is 397 Å². The molecule has 8 rings (SSSR count). The Morgan fingerprint density at radius 2 is 0.833 bits per heavy atom. The predicted octanol–water partition coefficient (Wildman–Crippen LogP) is 4.48. The number of rotatable bonds is 8. The Hall–Kier alpha value is -4.28. The molecule has 8 aromatic rings. The average molecular weight is 894 g/mol. The van der Waals surface area contributed by atoms with Gasteiger partial charge in [0.2, 0.25) is 0 Å². The first kappa shape index (κ1) is 46.8. The van der Waals surface area contributed by atoms with Crippen LogP contribution in [0.2, 0.25) is 0 Å². The van der Waals surface area contributed by atoms with E-state index in [-0.39, 0.29) is 85.7 Å². The zero-order chi connectivity index (χ0) is 41.2. The number of nitrogens with two attached hydrogens (primary N) is 1. The van der Waals surface area contributed by atoms with Gasteiger partial charge in [0.15, 0.2) is 0 Å². The molecule has 0 unspecified atom stereocenters. The van der Waals surface area contributed by atoms with Crippen molar-refractivity contribution in [3.63, 3.8) is 0 Å². The molecule has 20 heteroatoms. The minimum Gasteiger partial charge on any atom is -0.744 e. The van der Waals surface area contributed by atoms with E-state index < -0.39 is 20.2 Å². The van der Waals surface area contributed by atoms with Gasteiger partial charge in [0.25, 0.3) is 0 Å². The number of phenolic OH excluding ortho intramolecular Hbond substituents is 1. The normalized spacial score (nSPS) is 11.7. The average Bonchev–Trinajstić information content (AvgIpc) is 3.82. The van der Waals surface area contributed by atoms with Gasteiger partial charge in [-0.15, -0.1) is 22.7 Å². The van der Waals surface area contributed by atoms with E-state index >= 15 is 0 Å². The molecule has 292 valence electrons. The largest absolute Gasteiger partial charge is 1.00 e. The van der Waals surface area contributed by atoms with Crippen LogP contribution in [0, 0.1) is 13.8 Å². The maximum atomic E-state index is 11.6. The number of nitrogens with zero attached hydrogens (tertiary/aromatic N) is 6. The number of thiazole rings is 2. The minimum absolute atomic E-state index is 0. The van der Waals surface area contributed by atoms with Crippen LogP contribution in [0.15, 0.2) is 152 Å². The fraction of sp³-hybridized carbons (Fsp3) is 0.0500. The summed E-state index contributed by atoms with van der Waals surface area (Å²) in [5, 5.41) is 27.1. The number of azo groups is 2. The van der Waals surface area contributed by atoms with Gasteiger partial charge in [0.1, 0.15) is 36.0 Å². The van der Waals surface area contributed by atoms with Crippen LogP contribution in [0.1, 0.15) is 11.1 Å². The van der Waals surface area contributed by atoms with E-state index in [1.165, 1.54) is 34.8 Å². The van der Waals surface area contributed by atoms with Crippen molar-refractivity contribution in [3.05, 3.63) is 132 Å². The number of hydrogen-bond donors (Lipinski definition) is 2. The van der Waals surface area contributed by atoms with Crippen molar-refractivity contribution < 1.29 is 90.2 Å². The summed E-state index contributed by atoms with van der Waals surface area (Å²) < 4.78 is 71.1. The van der Waals surface area contributed by atoms with Gasteiger partial charge in [0, 0.05) is 16.8 Å². The second-order valence-corrected chi connectivity index (χ2v) is 17.4. The number of fused-ring (bicyclic) bond motifs is 2. The van der Waals surface area contributed by atoms with Crippen molar-refractivity contribution in [2.45, 2.75) is 23.6 Å². The van der Waals surface area contributed by atoms with Crippen LogP contribution < -0.4 is 64.8 Å². The Morgan fingerprint density at radius 3 is 1.17 bits per heavy atom. The molecule has 14 nitrogen and oxygen atoms in total. The molecule has 60 heavy (non-hydrogen) atoms. The summed E-state index contributed by atoms with van der Waals surface area (Å²) in [5.74, 6) is 0.160. The Balaban J connectivity index is 0.000000220. The van der Waals surface area contributed by atoms with Gasteiger partial charge in [0.05, 0.1) is 53.0 Å². The number of aryl methyl sites for hydroxylation is 2. The summed E-state index contributed by atoms with van der Waals surface area (Å²) in [6.07, 6.45) is 0. The molecule has 0 saturated carbocycles. The second-order valence-electron chi connectivity index (χ2n) is 12.7. The fourth-order valence-corrected chi connectivity index (χ4v) is 9.45. The third-order valence-corrected chi connectivity index (χ3v) is 12.6. The van der Waals surface area contributed by atoms with Crippen molar-refractivity contribution in [1.29, 1.82) is 0 Å². The van der Waals surface area contributed by atoms with E-state index in [9.17, 15) is 31.0 Å². The molecule has 0 aliphatic heterocycles. The summed E-state index contributed by atoms with van der Waals surface area (Å²) in [5.41, 5.74) is 11.7. The Kier molecular flexibility index (Phi) is 15.3. The van der Waals surface area contributed by atoms with Gasteiger partial charge in [-0.1, -0.05) is 12.1 Å². The van der Waals surface area contributed by atoms with Crippen LogP contribution in [-0.2, 0) is 20.2 Å². The molecule has 0 saturated heterocycles. The smallest absolute Gasteiger partial charge is 0.744 e. The molecule has 0 aliphatic carbocycles. The summed E-state index contributed by atoms with van der Waals surface area (Å²) in [7, 11) is -9.23. The van der Waals surface area contributed by atoms with E-state index in [0.717, 1.165) is 11.1 Å². The second kappa shape index (κ2) is 19.6. The third-order valence-electron chi connectivity index (χ3n) is 8.46. The molecule has 0 radical (unpaired) electrons. The fourth-order valence-electron chi connectivity index (χ4n) is 5.65. The number of aromatic nitrogens is 2. The van der Waals surface area contributed by atoms with Crippen LogP contribution in [0.25, 0.3) is 41.6 Å². The number of hydrogen-bond acceptors (Lipinski definition) is 16. The first-order chi connectivity index (χ1) is 27.6. The quantitative estimate of drug-likeness (QED) is 0.0939. The molecule has 6 aromatic carbocycles. The molecule has 0 bridgehead atoms. The zero-order valence-electron chi connectivity index (χ0n) is 32.3. The van der Waals surface area contributed by atoms with E-state index in [1.807, 2.05) is 12.1 Å². The van der Waals surface area contributed by atoms with Gasteiger partial charge in [-0.25, -0.2) is 26.8 Å². The van der Waals surface area contributed by atoms with Gasteiger partial charge < -0.3 is 19.9 Å². The van der Waals surface area contributed by atoms with Crippen LogP contribution in [0.4, 0.5) is 28.4 Å². The van der Waals surface area contributed by atoms with E-state index in [4.69, 9.17) is 5.73 Å². The van der Waals surface area contributed by atoms with E-state index in [1.54, 1.807) is 111 Å². The van der Waals surface area contributed by atoms with Crippen molar-refractivity contribution in [2.75, 3.05) is 5.73 Å². The monoisotopic (exact) mass is 893 g/mol. The van der Waals surface area contributed by atoms with E-state index in [2.05, 4.69) is 30.4 Å². The summed E-state index contributed by atoms with van der Waals surface area (Å²) in [6, 6.07) is 34.6. The summed E-state index contributed by atoms with van der Waals surface area (Å²) in [6.45, 7) is 3.17. The molecule has 3 N–H and O–H groups in total. The number of anilines is 1. The first-order valence-corrected chi connectivity index (χ1v) is 21.5. The van der Waals surface area contributed by atoms with Gasteiger partial charge in [-0.3, -0.25) is 0 Å². The van der Waals surface area contributed by atoms with Crippen molar-refractivity contribution in [1.82, 2.24) is 9.97 Å². The van der Waals surface area contributed by atoms with Crippen LogP contribution in [0.3, 0.4) is 0 Å². The SMILES string of the molecule is Cc1ccc2sc(-c3ccc(N=Nc4ccc(N)cc4)cc3)nc2c1S(=O)(=O)[O-].Cc1ccc2sc(-c3ccc(N=Nc4ccc(O)cc4)cc3)nc2c1S(=O)(=O)[O-].[Na+].[Na+]. The third kappa shape index (κ3) is 11.1. The molecular formula is C40H29N7Na2O7S4. The number of nitrogen functional groups attached to an aromatic ring is 1. The Bertz CT molecular complexity index is 2880. The topological polar surface area (TPSA) is 236 Å². The van der Waals surface area contributed by atoms with E-state index in [0.29, 0.717) is 59.0 Å². The number of aromatic hydroxyl groups is 1. The van der Waals surface area contributed by atoms with Crippen LogP contribution in [0.5, 0.6) is 5.75 Å².